The fraction of sp³-hybridized carbons (Fsp3) is 0.133. The molecule has 0 saturated carbocycles. The Kier molecular flexibility index (Phi) is 4.90. The molecule has 114 valence electrons. The lowest BCUT2D eigenvalue weighted by molar-refractivity contribution is 0.0601. The molecule has 0 fully saturated rings. The van der Waals surface area contributed by atoms with Crippen LogP contribution in [0, 0.1) is 6.92 Å². The molecule has 0 atom stereocenters. The molecule has 2 rings (SSSR count). The van der Waals surface area contributed by atoms with Gasteiger partial charge in [0, 0.05) is 11.3 Å². The lowest BCUT2D eigenvalue weighted by atomic mass is 10.0. The quantitative estimate of drug-likeness (QED) is 0.347. The fourth-order valence-corrected chi connectivity index (χ4v) is 2.22. The van der Waals surface area contributed by atoms with Gasteiger partial charge in [-0.25, -0.2) is 4.79 Å². The van der Waals surface area contributed by atoms with Crippen LogP contribution in [0.25, 0.3) is 11.1 Å². The molecule has 0 amide bonds. The number of benzene rings is 1. The summed E-state index contributed by atoms with van der Waals surface area (Å²) in [6.45, 7) is 1.80. The van der Waals surface area contributed by atoms with Gasteiger partial charge in [0.15, 0.2) is 5.11 Å². The van der Waals surface area contributed by atoms with Crippen molar-refractivity contribution < 1.29 is 9.53 Å². The highest BCUT2D eigenvalue weighted by Crippen LogP contribution is 2.30. The number of H-pyrrole nitrogens is 1. The van der Waals surface area contributed by atoms with E-state index in [1.165, 1.54) is 13.3 Å². The number of nitrogens with two attached hydrogens (primary N) is 1. The molecule has 1 heterocycles. The van der Waals surface area contributed by atoms with Gasteiger partial charge < -0.3 is 15.5 Å². The summed E-state index contributed by atoms with van der Waals surface area (Å²) in [6, 6.07) is 9.52. The van der Waals surface area contributed by atoms with E-state index in [1.54, 1.807) is 6.92 Å². The van der Waals surface area contributed by atoms with E-state index < -0.39 is 5.97 Å². The number of aromatic nitrogens is 1. The third-order valence-corrected chi connectivity index (χ3v) is 3.13. The number of rotatable bonds is 4. The van der Waals surface area contributed by atoms with Crippen molar-refractivity contribution in [2.75, 3.05) is 7.11 Å². The van der Waals surface area contributed by atoms with Gasteiger partial charge >= 0.3 is 5.97 Å². The second-order valence-electron chi connectivity index (χ2n) is 4.51. The number of thiocarbonyl (C=S) groups is 1. The topological polar surface area (TPSA) is 92.5 Å². The summed E-state index contributed by atoms with van der Waals surface area (Å²) in [5.74, 6) is -0.408. The highest BCUT2D eigenvalue weighted by molar-refractivity contribution is 7.80. The van der Waals surface area contributed by atoms with E-state index in [9.17, 15) is 4.79 Å². The van der Waals surface area contributed by atoms with Crippen molar-refractivity contribution in [3.05, 3.63) is 47.3 Å². The second-order valence-corrected chi connectivity index (χ2v) is 4.95. The summed E-state index contributed by atoms with van der Waals surface area (Å²) in [4.78, 5) is 15.2. The number of aromatic amines is 1. The molecular weight excluding hydrogens is 300 g/mol. The van der Waals surface area contributed by atoms with Gasteiger partial charge in [0.25, 0.3) is 0 Å². The van der Waals surface area contributed by atoms with E-state index in [0.29, 0.717) is 17.0 Å². The number of nitrogens with one attached hydrogen (secondary N) is 2. The average Bonchev–Trinajstić information content (AvgIpc) is 2.83. The lowest BCUT2D eigenvalue weighted by Crippen LogP contribution is -2.24. The summed E-state index contributed by atoms with van der Waals surface area (Å²) in [6.07, 6.45) is 1.53. The summed E-state index contributed by atoms with van der Waals surface area (Å²) < 4.78 is 4.88. The third kappa shape index (κ3) is 3.32. The van der Waals surface area contributed by atoms with Crippen LogP contribution in [0.5, 0.6) is 0 Å². The first-order valence-electron chi connectivity index (χ1n) is 6.49. The van der Waals surface area contributed by atoms with Gasteiger partial charge in [-0.15, -0.1) is 0 Å². The van der Waals surface area contributed by atoms with Gasteiger partial charge in [-0.05, 0) is 24.7 Å². The summed E-state index contributed by atoms with van der Waals surface area (Å²) in [5.41, 5.74) is 11.3. The highest BCUT2D eigenvalue weighted by Gasteiger charge is 2.22. The van der Waals surface area contributed by atoms with Crippen LogP contribution in [0.3, 0.4) is 0 Å². The van der Waals surface area contributed by atoms with Crippen LogP contribution < -0.4 is 11.2 Å². The third-order valence-electron chi connectivity index (χ3n) is 3.04. The number of aryl methyl sites for hydroxylation is 1. The molecule has 7 heteroatoms. The fourth-order valence-electron chi connectivity index (χ4n) is 2.17. The zero-order chi connectivity index (χ0) is 16.1. The molecule has 0 aliphatic rings. The predicted octanol–water partition coefficient (Wildman–Crippen LogP) is 1.94. The van der Waals surface area contributed by atoms with Gasteiger partial charge in [-0.3, -0.25) is 5.43 Å². The number of carbonyl (C=O) groups excluding carboxylic acids is 1. The normalized spacial score (nSPS) is 10.6. The van der Waals surface area contributed by atoms with Crippen LogP contribution >= 0.6 is 12.2 Å². The van der Waals surface area contributed by atoms with Crippen LogP contribution in [0.4, 0.5) is 0 Å². The number of ether oxygens (including phenoxy) is 1. The Balaban J connectivity index is 2.57. The predicted molar refractivity (Wildman–Crippen MR) is 89.8 cm³/mol. The van der Waals surface area contributed by atoms with Crippen molar-refractivity contribution in [3.8, 4) is 11.1 Å². The van der Waals surface area contributed by atoms with Crippen molar-refractivity contribution in [2.45, 2.75) is 6.92 Å². The van der Waals surface area contributed by atoms with E-state index in [2.05, 4.69) is 15.5 Å². The molecule has 0 aliphatic heterocycles. The van der Waals surface area contributed by atoms with E-state index >= 15 is 0 Å². The van der Waals surface area contributed by atoms with E-state index in [-0.39, 0.29) is 5.11 Å². The monoisotopic (exact) mass is 316 g/mol. The Bertz CT molecular complexity index is 723. The second kappa shape index (κ2) is 6.86. The van der Waals surface area contributed by atoms with E-state index in [1.807, 2.05) is 30.3 Å². The molecule has 0 unspecified atom stereocenters. The van der Waals surface area contributed by atoms with Crippen molar-refractivity contribution >= 4 is 29.5 Å². The standard InChI is InChI=1S/C15H16N4O2S/c1-9-12(14(20)21-2)13(10-6-4-3-5-7-10)11(18-9)8-17-19-15(16)22/h3-8,18H,1-2H3,(H3,16,19,22)/b17-8-. The first-order valence-corrected chi connectivity index (χ1v) is 6.90. The number of hydrazone groups is 1. The highest BCUT2D eigenvalue weighted by atomic mass is 32.1. The first kappa shape index (κ1) is 15.7. The van der Waals surface area contributed by atoms with Crippen LogP contribution in [0.1, 0.15) is 21.7 Å². The summed E-state index contributed by atoms with van der Waals surface area (Å²) in [5, 5.41) is 4.01. The van der Waals surface area contributed by atoms with Crippen molar-refractivity contribution in [1.82, 2.24) is 10.4 Å². The molecule has 2 aromatic rings. The Morgan fingerprint density at radius 2 is 2.09 bits per heavy atom. The lowest BCUT2D eigenvalue weighted by Gasteiger charge is -2.05. The maximum Gasteiger partial charge on any atom is 0.340 e. The van der Waals surface area contributed by atoms with E-state index in [4.69, 9.17) is 22.7 Å². The molecule has 0 aliphatic carbocycles. The molecule has 6 nitrogen and oxygen atoms in total. The molecule has 0 bridgehead atoms. The van der Waals surface area contributed by atoms with Crippen LogP contribution in [-0.2, 0) is 4.74 Å². The van der Waals surface area contributed by atoms with Gasteiger partial charge in [-0.2, -0.15) is 5.10 Å². The number of carbonyl (C=O) groups is 1. The zero-order valence-electron chi connectivity index (χ0n) is 12.2. The van der Waals surface area contributed by atoms with E-state index in [0.717, 1.165) is 11.1 Å². The molecular formula is C15H16N4O2S. The Hall–Kier alpha value is -2.67. The number of hydrogen-bond donors (Lipinski definition) is 3. The molecule has 1 aromatic carbocycles. The number of hydrogen-bond acceptors (Lipinski definition) is 4. The Morgan fingerprint density at radius 1 is 1.41 bits per heavy atom. The smallest absolute Gasteiger partial charge is 0.340 e. The molecule has 22 heavy (non-hydrogen) atoms. The minimum atomic E-state index is -0.408. The molecule has 0 radical (unpaired) electrons. The minimum absolute atomic E-state index is 0.0639. The van der Waals surface area contributed by atoms with Crippen molar-refractivity contribution in [1.29, 1.82) is 0 Å². The largest absolute Gasteiger partial charge is 0.465 e. The maximum atomic E-state index is 12.1. The van der Waals surface area contributed by atoms with Gasteiger partial charge in [0.05, 0.1) is 24.6 Å². The van der Waals surface area contributed by atoms with Crippen molar-refractivity contribution in [2.24, 2.45) is 10.8 Å². The maximum absolute atomic E-state index is 12.1. The number of esters is 1. The van der Waals surface area contributed by atoms with Gasteiger partial charge in [0.2, 0.25) is 0 Å². The van der Waals surface area contributed by atoms with Gasteiger partial charge in [0.1, 0.15) is 0 Å². The SMILES string of the molecule is COC(=O)c1c(C)[nH]c(/C=N\NC(N)=S)c1-c1ccccc1. The number of nitrogens with zero attached hydrogens (tertiary/aromatic N) is 1. The molecule has 4 N–H and O–H groups in total. The van der Waals surface area contributed by atoms with Crippen LogP contribution in [0.2, 0.25) is 0 Å². The Morgan fingerprint density at radius 3 is 2.68 bits per heavy atom. The van der Waals surface area contributed by atoms with Crippen LogP contribution in [-0.4, -0.2) is 29.4 Å². The van der Waals surface area contributed by atoms with Crippen LogP contribution in [0.15, 0.2) is 35.4 Å². The summed E-state index contributed by atoms with van der Waals surface area (Å²) in [7, 11) is 1.35. The molecule has 1 aromatic heterocycles. The minimum Gasteiger partial charge on any atom is -0.465 e. The summed E-state index contributed by atoms with van der Waals surface area (Å²) >= 11 is 4.70. The molecule has 0 spiro atoms. The molecule has 0 saturated heterocycles. The Labute approximate surface area is 133 Å². The average molecular weight is 316 g/mol. The number of methoxy groups -OCH3 is 1. The zero-order valence-corrected chi connectivity index (χ0v) is 13.0. The first-order chi connectivity index (χ1) is 10.5. The van der Waals surface area contributed by atoms with Gasteiger partial charge in [-0.1, -0.05) is 30.3 Å². The van der Waals surface area contributed by atoms with Crippen molar-refractivity contribution in [3.63, 3.8) is 0 Å².